The minimum atomic E-state index is -3.84. The third-order valence-electron chi connectivity index (χ3n) is 2.52. The summed E-state index contributed by atoms with van der Waals surface area (Å²) in [5.74, 6) is -0.491. The van der Waals surface area contributed by atoms with Gasteiger partial charge in [-0.15, -0.1) is 0 Å². The first kappa shape index (κ1) is 15.7. The van der Waals surface area contributed by atoms with Crippen molar-refractivity contribution in [3.63, 3.8) is 0 Å². The van der Waals surface area contributed by atoms with E-state index in [0.717, 1.165) is 4.31 Å². The van der Waals surface area contributed by atoms with Crippen molar-refractivity contribution in [2.75, 3.05) is 26.4 Å². The Morgan fingerprint density at radius 1 is 1.47 bits per heavy atom. The molecule has 1 aromatic carbocycles. The minimum Gasteiger partial charge on any atom is -0.469 e. The number of carbonyl (C=O) groups is 1. The van der Waals surface area contributed by atoms with Gasteiger partial charge in [0.05, 0.1) is 24.2 Å². The van der Waals surface area contributed by atoms with E-state index in [9.17, 15) is 13.2 Å². The molecule has 8 heteroatoms. The molecule has 0 amide bonds. The van der Waals surface area contributed by atoms with Crippen molar-refractivity contribution in [1.82, 2.24) is 4.31 Å². The van der Waals surface area contributed by atoms with E-state index in [1.54, 1.807) is 6.07 Å². The van der Waals surface area contributed by atoms with E-state index in [-0.39, 0.29) is 28.6 Å². The Morgan fingerprint density at radius 2 is 2.11 bits per heavy atom. The maximum atomic E-state index is 12.3. The van der Waals surface area contributed by atoms with E-state index >= 15 is 0 Å². The van der Waals surface area contributed by atoms with E-state index in [4.69, 9.17) is 17.3 Å². The topological polar surface area (TPSA) is 89.7 Å². The lowest BCUT2D eigenvalue weighted by Gasteiger charge is -2.18. The monoisotopic (exact) mass is 306 g/mol. The summed E-state index contributed by atoms with van der Waals surface area (Å²) in [5, 5.41) is 0.0462. The Morgan fingerprint density at radius 3 is 2.63 bits per heavy atom. The van der Waals surface area contributed by atoms with Gasteiger partial charge in [0.2, 0.25) is 10.0 Å². The van der Waals surface area contributed by atoms with Crippen LogP contribution >= 0.6 is 11.6 Å². The second kappa shape index (κ2) is 6.23. The quantitative estimate of drug-likeness (QED) is 0.650. The fraction of sp³-hybridized carbons (Fsp3) is 0.364. The highest BCUT2D eigenvalue weighted by Crippen LogP contribution is 2.29. The summed E-state index contributed by atoms with van der Waals surface area (Å²) in [5.41, 5.74) is 5.71. The molecule has 106 valence electrons. The van der Waals surface area contributed by atoms with Crippen LogP contribution < -0.4 is 5.73 Å². The third-order valence-corrected chi connectivity index (χ3v) is 4.93. The number of methoxy groups -OCH3 is 1. The highest BCUT2D eigenvalue weighted by Gasteiger charge is 2.26. The Hall–Kier alpha value is -1.31. The standard InChI is InChI=1S/C11H15ClN2O4S/c1-14(7-6-10(15)18-2)19(16,17)11-8(12)4-3-5-9(11)13/h3-5H,6-7,13H2,1-2H3. The fourth-order valence-corrected chi connectivity index (χ4v) is 3.22. The van der Waals surface area contributed by atoms with Gasteiger partial charge in [-0.2, -0.15) is 0 Å². The smallest absolute Gasteiger partial charge is 0.306 e. The largest absolute Gasteiger partial charge is 0.469 e. The maximum Gasteiger partial charge on any atom is 0.306 e. The van der Waals surface area contributed by atoms with Crippen LogP contribution in [-0.4, -0.2) is 39.4 Å². The maximum absolute atomic E-state index is 12.3. The zero-order chi connectivity index (χ0) is 14.6. The molecule has 6 nitrogen and oxygen atoms in total. The molecule has 0 spiro atoms. The van der Waals surface area contributed by atoms with Crippen LogP contribution in [0.3, 0.4) is 0 Å². The number of anilines is 1. The number of hydrogen-bond acceptors (Lipinski definition) is 5. The molecule has 2 N–H and O–H groups in total. The predicted molar refractivity (Wildman–Crippen MR) is 72.3 cm³/mol. The summed E-state index contributed by atoms with van der Waals surface area (Å²) in [6.07, 6.45) is -0.0451. The number of nitrogen functional groups attached to an aromatic ring is 1. The molecule has 0 unspecified atom stereocenters. The van der Waals surface area contributed by atoms with Gasteiger partial charge in [0.1, 0.15) is 4.90 Å². The van der Waals surface area contributed by atoms with Gasteiger partial charge in [-0.25, -0.2) is 12.7 Å². The van der Waals surface area contributed by atoms with E-state index in [1.807, 2.05) is 0 Å². The van der Waals surface area contributed by atoms with Gasteiger partial charge in [0.15, 0.2) is 0 Å². The Bertz CT molecular complexity index is 554. The van der Waals surface area contributed by atoms with Gasteiger partial charge in [0, 0.05) is 13.6 Å². The summed E-state index contributed by atoms with van der Waals surface area (Å²) in [6.45, 7) is -0.0142. The van der Waals surface area contributed by atoms with Crippen LogP contribution in [-0.2, 0) is 19.6 Å². The van der Waals surface area contributed by atoms with Crippen LogP contribution in [0.1, 0.15) is 6.42 Å². The predicted octanol–water partition coefficient (Wildman–Crippen LogP) is 1.11. The van der Waals surface area contributed by atoms with Crippen molar-refractivity contribution in [1.29, 1.82) is 0 Å². The van der Waals surface area contributed by atoms with E-state index in [1.165, 1.54) is 26.3 Å². The van der Waals surface area contributed by atoms with Gasteiger partial charge in [-0.05, 0) is 12.1 Å². The number of ether oxygens (including phenoxy) is 1. The molecule has 0 aliphatic rings. The Balaban J connectivity index is 3.01. The minimum absolute atomic E-state index is 0.0142. The molecule has 0 heterocycles. The van der Waals surface area contributed by atoms with E-state index in [0.29, 0.717) is 0 Å². The molecule has 1 rings (SSSR count). The number of sulfonamides is 1. The van der Waals surface area contributed by atoms with Crippen molar-refractivity contribution in [3.05, 3.63) is 23.2 Å². The number of hydrogen-bond donors (Lipinski definition) is 1. The zero-order valence-corrected chi connectivity index (χ0v) is 12.2. The molecular weight excluding hydrogens is 292 g/mol. The van der Waals surface area contributed by atoms with E-state index in [2.05, 4.69) is 4.74 Å². The second-order valence-electron chi connectivity index (χ2n) is 3.81. The molecule has 0 bridgehead atoms. The lowest BCUT2D eigenvalue weighted by Crippen LogP contribution is -2.30. The van der Waals surface area contributed by atoms with Crippen LogP contribution in [0.5, 0.6) is 0 Å². The number of esters is 1. The molecule has 0 radical (unpaired) electrons. The first-order valence-corrected chi connectivity index (χ1v) is 7.19. The second-order valence-corrected chi connectivity index (χ2v) is 6.20. The van der Waals surface area contributed by atoms with Crippen molar-refractivity contribution >= 4 is 33.3 Å². The first-order valence-electron chi connectivity index (χ1n) is 5.38. The number of nitrogens with two attached hydrogens (primary N) is 1. The molecule has 0 fully saturated rings. The van der Waals surface area contributed by atoms with Gasteiger partial charge in [0.25, 0.3) is 0 Å². The molecule has 0 aliphatic carbocycles. The number of benzene rings is 1. The van der Waals surface area contributed by atoms with Crippen molar-refractivity contribution in [3.8, 4) is 0 Å². The summed E-state index contributed by atoms with van der Waals surface area (Å²) < 4.78 is 30.0. The lowest BCUT2D eigenvalue weighted by atomic mass is 10.3. The Kier molecular flexibility index (Phi) is 5.16. The van der Waals surface area contributed by atoms with Gasteiger partial charge < -0.3 is 10.5 Å². The number of nitrogens with zero attached hydrogens (tertiary/aromatic N) is 1. The van der Waals surface area contributed by atoms with Gasteiger partial charge >= 0.3 is 5.97 Å². The molecule has 0 saturated carbocycles. The third kappa shape index (κ3) is 3.59. The number of halogens is 1. The first-order chi connectivity index (χ1) is 8.80. The summed E-state index contributed by atoms with van der Waals surface area (Å²) >= 11 is 5.87. The van der Waals surface area contributed by atoms with Crippen molar-refractivity contribution < 1.29 is 17.9 Å². The molecule has 19 heavy (non-hydrogen) atoms. The molecular formula is C11H15ClN2O4S. The number of rotatable bonds is 5. The average molecular weight is 307 g/mol. The molecule has 0 atom stereocenters. The summed E-state index contributed by atoms with van der Waals surface area (Å²) in [7, 11) is -1.25. The summed E-state index contributed by atoms with van der Waals surface area (Å²) in [6, 6.07) is 4.46. The van der Waals surface area contributed by atoms with E-state index < -0.39 is 16.0 Å². The molecule has 0 saturated heterocycles. The van der Waals surface area contributed by atoms with Gasteiger partial charge in [-0.3, -0.25) is 4.79 Å². The molecule has 0 aliphatic heterocycles. The van der Waals surface area contributed by atoms with Crippen LogP contribution in [0.15, 0.2) is 23.1 Å². The lowest BCUT2D eigenvalue weighted by molar-refractivity contribution is -0.140. The molecule has 0 aromatic heterocycles. The Labute approximate surface area is 117 Å². The zero-order valence-electron chi connectivity index (χ0n) is 10.6. The van der Waals surface area contributed by atoms with Crippen LogP contribution in [0.2, 0.25) is 5.02 Å². The highest BCUT2D eigenvalue weighted by atomic mass is 35.5. The van der Waals surface area contributed by atoms with Crippen molar-refractivity contribution in [2.45, 2.75) is 11.3 Å². The highest BCUT2D eigenvalue weighted by molar-refractivity contribution is 7.89. The van der Waals surface area contributed by atoms with Crippen LogP contribution in [0.4, 0.5) is 5.69 Å². The average Bonchev–Trinajstić information content (AvgIpc) is 2.34. The van der Waals surface area contributed by atoms with Crippen molar-refractivity contribution in [2.24, 2.45) is 0 Å². The molecule has 1 aromatic rings. The SMILES string of the molecule is COC(=O)CCN(C)S(=O)(=O)c1c(N)cccc1Cl. The van der Waals surface area contributed by atoms with Crippen LogP contribution in [0.25, 0.3) is 0 Å². The fourth-order valence-electron chi connectivity index (χ4n) is 1.42. The number of carbonyl (C=O) groups excluding carboxylic acids is 1. The van der Waals surface area contributed by atoms with Gasteiger partial charge in [-0.1, -0.05) is 17.7 Å². The normalized spacial score (nSPS) is 11.6. The van der Waals surface area contributed by atoms with Crippen LogP contribution in [0, 0.1) is 0 Å². The summed E-state index contributed by atoms with van der Waals surface area (Å²) in [4.78, 5) is 10.9.